The zero-order chi connectivity index (χ0) is 14.0. The van der Waals surface area contributed by atoms with Gasteiger partial charge in [-0.2, -0.15) is 0 Å². The Hall–Kier alpha value is -0.0400. The SMILES string of the molecule is CC1CCC(NC2CCC(C(C)(C)C)CC2)CC1C. The maximum Gasteiger partial charge on any atom is 0.00723 e. The number of nitrogens with one attached hydrogen (secondary N) is 1. The highest BCUT2D eigenvalue weighted by molar-refractivity contribution is 4.87. The lowest BCUT2D eigenvalue weighted by Gasteiger charge is -2.40. The van der Waals surface area contributed by atoms with Gasteiger partial charge in [-0.05, 0) is 68.1 Å². The molecule has 1 N–H and O–H groups in total. The predicted octanol–water partition coefficient (Wildman–Crippen LogP) is 5.01. The summed E-state index contributed by atoms with van der Waals surface area (Å²) >= 11 is 0. The third kappa shape index (κ3) is 4.21. The largest absolute Gasteiger partial charge is 0.311 e. The first-order chi connectivity index (χ1) is 8.86. The van der Waals surface area contributed by atoms with Gasteiger partial charge in [0.2, 0.25) is 0 Å². The molecule has 0 aromatic heterocycles. The maximum absolute atomic E-state index is 3.98. The molecule has 19 heavy (non-hydrogen) atoms. The third-order valence-electron chi connectivity index (χ3n) is 6.02. The normalized spacial score (nSPS) is 41.2. The quantitative estimate of drug-likeness (QED) is 0.740. The number of rotatable bonds is 2. The molecule has 2 fully saturated rings. The van der Waals surface area contributed by atoms with E-state index in [1.54, 1.807) is 0 Å². The van der Waals surface area contributed by atoms with Gasteiger partial charge in [-0.25, -0.2) is 0 Å². The number of hydrogen-bond acceptors (Lipinski definition) is 1. The topological polar surface area (TPSA) is 12.0 Å². The van der Waals surface area contributed by atoms with Crippen LogP contribution in [-0.4, -0.2) is 12.1 Å². The summed E-state index contributed by atoms with van der Waals surface area (Å²) in [4.78, 5) is 0. The van der Waals surface area contributed by atoms with E-state index in [0.717, 1.165) is 29.8 Å². The van der Waals surface area contributed by atoms with Crippen molar-refractivity contribution in [3.8, 4) is 0 Å². The zero-order valence-corrected chi connectivity index (χ0v) is 13.8. The first-order valence-electron chi connectivity index (χ1n) is 8.62. The maximum atomic E-state index is 3.98. The van der Waals surface area contributed by atoms with Crippen molar-refractivity contribution in [3.63, 3.8) is 0 Å². The van der Waals surface area contributed by atoms with Crippen molar-refractivity contribution in [2.45, 2.75) is 91.6 Å². The van der Waals surface area contributed by atoms with Gasteiger partial charge in [0.25, 0.3) is 0 Å². The van der Waals surface area contributed by atoms with Crippen LogP contribution in [0.25, 0.3) is 0 Å². The molecule has 2 rings (SSSR count). The average molecular weight is 265 g/mol. The van der Waals surface area contributed by atoms with Gasteiger partial charge in [0, 0.05) is 12.1 Å². The molecule has 2 saturated carbocycles. The Kier molecular flexibility index (Phi) is 4.98. The van der Waals surface area contributed by atoms with Crippen LogP contribution in [0.3, 0.4) is 0 Å². The van der Waals surface area contributed by atoms with Gasteiger partial charge in [-0.15, -0.1) is 0 Å². The fraction of sp³-hybridized carbons (Fsp3) is 1.00. The molecule has 0 saturated heterocycles. The van der Waals surface area contributed by atoms with Gasteiger partial charge in [-0.3, -0.25) is 0 Å². The summed E-state index contributed by atoms with van der Waals surface area (Å²) < 4.78 is 0. The second kappa shape index (κ2) is 6.16. The van der Waals surface area contributed by atoms with E-state index in [2.05, 4.69) is 39.9 Å². The second-order valence-corrected chi connectivity index (χ2v) is 8.55. The van der Waals surface area contributed by atoms with Crippen LogP contribution in [0.4, 0.5) is 0 Å². The summed E-state index contributed by atoms with van der Waals surface area (Å²) in [6, 6.07) is 1.62. The standard InChI is InChI=1S/C18H35N/c1-13-6-9-17(12-14(13)2)19-16-10-7-15(8-11-16)18(3,4)5/h13-17,19H,6-12H2,1-5H3. The molecule has 0 aromatic rings. The minimum atomic E-state index is 0.514. The van der Waals surface area contributed by atoms with E-state index < -0.39 is 0 Å². The van der Waals surface area contributed by atoms with Crippen LogP contribution in [0, 0.1) is 23.2 Å². The summed E-state index contributed by atoms with van der Waals surface area (Å²) in [6.07, 6.45) is 9.91. The Bertz CT molecular complexity index is 270. The van der Waals surface area contributed by atoms with Crippen molar-refractivity contribution in [3.05, 3.63) is 0 Å². The van der Waals surface area contributed by atoms with Gasteiger partial charge in [0.15, 0.2) is 0 Å². The van der Waals surface area contributed by atoms with Crippen molar-refractivity contribution in [2.75, 3.05) is 0 Å². The fourth-order valence-electron chi connectivity index (χ4n) is 4.16. The van der Waals surface area contributed by atoms with Gasteiger partial charge >= 0.3 is 0 Å². The average Bonchev–Trinajstić information content (AvgIpc) is 2.33. The molecule has 0 spiro atoms. The lowest BCUT2D eigenvalue weighted by Crippen LogP contribution is -2.44. The van der Waals surface area contributed by atoms with Crippen molar-refractivity contribution in [2.24, 2.45) is 23.2 Å². The minimum absolute atomic E-state index is 0.514. The zero-order valence-electron chi connectivity index (χ0n) is 13.8. The molecule has 0 radical (unpaired) electrons. The molecule has 3 unspecified atom stereocenters. The lowest BCUT2D eigenvalue weighted by atomic mass is 9.71. The molecule has 0 bridgehead atoms. The van der Waals surface area contributed by atoms with Crippen molar-refractivity contribution >= 4 is 0 Å². The van der Waals surface area contributed by atoms with Crippen molar-refractivity contribution in [1.29, 1.82) is 0 Å². The van der Waals surface area contributed by atoms with Crippen LogP contribution in [0.5, 0.6) is 0 Å². The van der Waals surface area contributed by atoms with E-state index in [1.807, 2.05) is 0 Å². The molecule has 0 heterocycles. The lowest BCUT2D eigenvalue weighted by molar-refractivity contribution is 0.143. The van der Waals surface area contributed by atoms with E-state index in [1.165, 1.54) is 44.9 Å². The molecule has 0 amide bonds. The Morgan fingerprint density at radius 2 is 1.32 bits per heavy atom. The van der Waals surface area contributed by atoms with Crippen LogP contribution >= 0.6 is 0 Å². The molecular formula is C18H35N. The Morgan fingerprint density at radius 3 is 1.84 bits per heavy atom. The monoisotopic (exact) mass is 265 g/mol. The van der Waals surface area contributed by atoms with E-state index in [0.29, 0.717) is 5.41 Å². The van der Waals surface area contributed by atoms with Gasteiger partial charge in [0.1, 0.15) is 0 Å². The third-order valence-corrected chi connectivity index (χ3v) is 6.02. The fourth-order valence-corrected chi connectivity index (χ4v) is 4.16. The van der Waals surface area contributed by atoms with E-state index in [9.17, 15) is 0 Å². The van der Waals surface area contributed by atoms with Crippen LogP contribution in [0.2, 0.25) is 0 Å². The summed E-state index contributed by atoms with van der Waals surface area (Å²) in [5.41, 5.74) is 0.514. The molecule has 0 aliphatic heterocycles. The highest BCUT2D eigenvalue weighted by Crippen LogP contribution is 2.38. The van der Waals surface area contributed by atoms with E-state index >= 15 is 0 Å². The molecule has 2 aliphatic rings. The summed E-state index contributed by atoms with van der Waals surface area (Å²) in [5, 5.41) is 3.98. The van der Waals surface area contributed by atoms with Gasteiger partial charge in [-0.1, -0.05) is 34.6 Å². The van der Waals surface area contributed by atoms with Crippen molar-refractivity contribution in [1.82, 2.24) is 5.32 Å². The molecule has 2 aliphatic carbocycles. The summed E-state index contributed by atoms with van der Waals surface area (Å²) in [6.45, 7) is 12.1. The van der Waals surface area contributed by atoms with E-state index in [-0.39, 0.29) is 0 Å². The van der Waals surface area contributed by atoms with E-state index in [4.69, 9.17) is 0 Å². The number of hydrogen-bond donors (Lipinski definition) is 1. The summed E-state index contributed by atoms with van der Waals surface area (Å²) in [5.74, 6) is 2.79. The smallest absolute Gasteiger partial charge is 0.00723 e. The molecular weight excluding hydrogens is 230 g/mol. The Balaban J connectivity index is 1.74. The first-order valence-corrected chi connectivity index (χ1v) is 8.62. The molecule has 3 atom stereocenters. The molecule has 0 aromatic carbocycles. The minimum Gasteiger partial charge on any atom is -0.311 e. The second-order valence-electron chi connectivity index (χ2n) is 8.55. The molecule has 1 nitrogen and oxygen atoms in total. The van der Waals surface area contributed by atoms with Gasteiger partial charge < -0.3 is 5.32 Å². The Labute approximate surface area is 120 Å². The summed E-state index contributed by atoms with van der Waals surface area (Å²) in [7, 11) is 0. The predicted molar refractivity (Wildman–Crippen MR) is 84.3 cm³/mol. The van der Waals surface area contributed by atoms with Gasteiger partial charge in [0.05, 0.1) is 0 Å². The molecule has 112 valence electrons. The van der Waals surface area contributed by atoms with Crippen molar-refractivity contribution < 1.29 is 0 Å². The van der Waals surface area contributed by atoms with Crippen LogP contribution < -0.4 is 5.32 Å². The van der Waals surface area contributed by atoms with Crippen LogP contribution in [0.15, 0.2) is 0 Å². The highest BCUT2D eigenvalue weighted by Gasteiger charge is 2.31. The van der Waals surface area contributed by atoms with Crippen LogP contribution in [0.1, 0.15) is 79.6 Å². The first kappa shape index (κ1) is 15.4. The van der Waals surface area contributed by atoms with Crippen LogP contribution in [-0.2, 0) is 0 Å². The highest BCUT2D eigenvalue weighted by atomic mass is 15.0. The Morgan fingerprint density at radius 1 is 0.737 bits per heavy atom. The molecule has 1 heteroatoms.